The summed E-state index contributed by atoms with van der Waals surface area (Å²) in [5.41, 5.74) is 2.82. The lowest BCUT2D eigenvalue weighted by Crippen LogP contribution is -2.53. The van der Waals surface area contributed by atoms with E-state index in [4.69, 9.17) is 12.2 Å². The molecule has 0 aromatic heterocycles. The number of thiocarbonyl (C=S) groups is 1. The number of hydrazine groups is 1. The van der Waals surface area contributed by atoms with Gasteiger partial charge in [0, 0.05) is 13.1 Å². The van der Waals surface area contributed by atoms with E-state index in [9.17, 15) is 0 Å². The molecule has 2 aliphatic rings. The van der Waals surface area contributed by atoms with Crippen molar-refractivity contribution in [3.8, 4) is 0 Å². The van der Waals surface area contributed by atoms with Gasteiger partial charge in [0.15, 0.2) is 5.11 Å². The third-order valence-corrected chi connectivity index (χ3v) is 4.27. The van der Waals surface area contributed by atoms with Gasteiger partial charge in [-0.2, -0.15) is 10.2 Å². The van der Waals surface area contributed by atoms with E-state index < -0.39 is 5.66 Å². The summed E-state index contributed by atoms with van der Waals surface area (Å²) in [6.45, 7) is 6.16. The Balaban J connectivity index is 1.75. The summed E-state index contributed by atoms with van der Waals surface area (Å²) in [5, 5.41) is 15.1. The molecule has 1 saturated heterocycles. The molecule has 2 fully saturated rings. The second kappa shape index (κ2) is 8.03. The molecule has 2 N–H and O–H groups in total. The maximum absolute atomic E-state index is 5.39. The molecule has 1 aliphatic heterocycles. The van der Waals surface area contributed by atoms with Crippen molar-refractivity contribution in [3.05, 3.63) is 0 Å². The Hall–Kier alpha value is -0.750. The van der Waals surface area contributed by atoms with Gasteiger partial charge in [-0.05, 0) is 51.7 Å². The Kier molecular flexibility index (Phi) is 6.36. The molecule has 120 valence electrons. The summed E-state index contributed by atoms with van der Waals surface area (Å²) in [6, 6.07) is 0.406. The van der Waals surface area contributed by atoms with Crippen LogP contribution in [0.4, 0.5) is 0 Å². The summed E-state index contributed by atoms with van der Waals surface area (Å²) in [5.74, 6) is 0. The quantitative estimate of drug-likeness (QED) is 0.617. The van der Waals surface area contributed by atoms with Gasteiger partial charge in [-0.1, -0.05) is 25.7 Å². The fourth-order valence-electron chi connectivity index (χ4n) is 2.90. The molecule has 0 radical (unpaired) electrons. The molecule has 1 aliphatic carbocycles. The number of rotatable bonds is 4. The van der Waals surface area contributed by atoms with E-state index in [0.29, 0.717) is 11.2 Å². The zero-order valence-corrected chi connectivity index (χ0v) is 14.2. The van der Waals surface area contributed by atoms with Crippen LogP contribution in [-0.4, -0.2) is 34.9 Å². The fraction of sp³-hybridized carbons (Fsp3) is 0.933. The van der Waals surface area contributed by atoms with Crippen molar-refractivity contribution in [1.29, 1.82) is 0 Å². The lowest BCUT2D eigenvalue weighted by atomic mass is 9.96. The van der Waals surface area contributed by atoms with Crippen molar-refractivity contribution in [3.63, 3.8) is 0 Å². The van der Waals surface area contributed by atoms with Crippen LogP contribution >= 0.6 is 12.2 Å². The maximum atomic E-state index is 5.39. The molecule has 0 aromatic rings. The van der Waals surface area contributed by atoms with Crippen molar-refractivity contribution >= 4 is 17.3 Å². The minimum atomic E-state index is -0.447. The predicted molar refractivity (Wildman–Crippen MR) is 90.1 cm³/mol. The smallest absolute Gasteiger partial charge is 0.182 e. The molecule has 0 amide bonds. The van der Waals surface area contributed by atoms with Crippen LogP contribution in [0.1, 0.15) is 65.2 Å². The van der Waals surface area contributed by atoms with Crippen LogP contribution in [0.25, 0.3) is 0 Å². The highest BCUT2D eigenvalue weighted by atomic mass is 32.1. The fourth-order valence-corrected chi connectivity index (χ4v) is 3.28. The third-order valence-electron chi connectivity index (χ3n) is 4.08. The molecule has 1 heterocycles. The lowest BCUT2D eigenvalue weighted by Gasteiger charge is -2.30. The van der Waals surface area contributed by atoms with E-state index >= 15 is 0 Å². The Labute approximate surface area is 133 Å². The van der Waals surface area contributed by atoms with E-state index in [-0.39, 0.29) is 0 Å². The largest absolute Gasteiger partial charge is 0.336 e. The van der Waals surface area contributed by atoms with Crippen LogP contribution in [0.5, 0.6) is 0 Å². The standard InChI is InChI=1S/C15H29N5S/c1-15(2,19-17-13-9-5-3-6-10-13)16-14(21)18-20-11-7-4-8-12-20/h13H,3-12H2,1-2H3,(H2,16,18,21)/b19-17+. The van der Waals surface area contributed by atoms with Crippen LogP contribution in [0.2, 0.25) is 0 Å². The number of nitrogens with one attached hydrogen (secondary N) is 2. The van der Waals surface area contributed by atoms with Gasteiger partial charge in [0.2, 0.25) is 0 Å². The monoisotopic (exact) mass is 311 g/mol. The van der Waals surface area contributed by atoms with Crippen molar-refractivity contribution in [1.82, 2.24) is 15.8 Å². The van der Waals surface area contributed by atoms with Gasteiger partial charge in [0.05, 0.1) is 6.04 Å². The molecule has 2 rings (SSSR count). The molecule has 0 atom stereocenters. The Morgan fingerprint density at radius 3 is 2.33 bits per heavy atom. The topological polar surface area (TPSA) is 52.0 Å². The number of azo groups is 1. The van der Waals surface area contributed by atoms with Gasteiger partial charge >= 0.3 is 0 Å². The summed E-state index contributed by atoms with van der Waals surface area (Å²) in [4.78, 5) is 0. The predicted octanol–water partition coefficient (Wildman–Crippen LogP) is 3.37. The van der Waals surface area contributed by atoms with Crippen LogP contribution < -0.4 is 10.7 Å². The highest BCUT2D eigenvalue weighted by Gasteiger charge is 2.20. The molecule has 21 heavy (non-hydrogen) atoms. The van der Waals surface area contributed by atoms with Crippen molar-refractivity contribution < 1.29 is 0 Å². The second-order valence-electron chi connectivity index (χ2n) is 6.68. The van der Waals surface area contributed by atoms with Crippen LogP contribution in [0, 0.1) is 0 Å². The van der Waals surface area contributed by atoms with E-state index in [0.717, 1.165) is 13.1 Å². The average molecular weight is 311 g/mol. The number of piperidine rings is 1. The maximum Gasteiger partial charge on any atom is 0.182 e. The second-order valence-corrected chi connectivity index (χ2v) is 7.09. The van der Waals surface area contributed by atoms with Crippen LogP contribution in [0.3, 0.4) is 0 Å². The van der Waals surface area contributed by atoms with Crippen molar-refractivity contribution in [2.45, 2.75) is 76.9 Å². The molecule has 5 nitrogen and oxygen atoms in total. The van der Waals surface area contributed by atoms with Gasteiger partial charge in [0.25, 0.3) is 0 Å². The Morgan fingerprint density at radius 1 is 1.05 bits per heavy atom. The first kappa shape index (κ1) is 16.6. The minimum absolute atomic E-state index is 0.406. The van der Waals surface area contributed by atoms with E-state index in [1.54, 1.807) is 0 Å². The van der Waals surface area contributed by atoms with Crippen molar-refractivity contribution in [2.24, 2.45) is 10.2 Å². The zero-order chi connectivity index (χ0) is 15.1. The highest BCUT2D eigenvalue weighted by molar-refractivity contribution is 7.80. The lowest BCUT2D eigenvalue weighted by molar-refractivity contribution is 0.191. The third kappa shape index (κ3) is 6.26. The van der Waals surface area contributed by atoms with Gasteiger partial charge in [0.1, 0.15) is 5.66 Å². The van der Waals surface area contributed by atoms with Gasteiger partial charge in [-0.25, -0.2) is 5.01 Å². The van der Waals surface area contributed by atoms with Crippen LogP contribution in [0.15, 0.2) is 10.2 Å². The molecule has 6 heteroatoms. The number of hydrogen-bond donors (Lipinski definition) is 2. The van der Waals surface area contributed by atoms with E-state index in [2.05, 4.69) is 26.0 Å². The molecule has 0 spiro atoms. The van der Waals surface area contributed by atoms with Gasteiger partial charge < -0.3 is 5.32 Å². The average Bonchev–Trinajstić information content (AvgIpc) is 2.47. The zero-order valence-electron chi connectivity index (χ0n) is 13.4. The summed E-state index contributed by atoms with van der Waals surface area (Å²) < 4.78 is 0. The Morgan fingerprint density at radius 2 is 1.67 bits per heavy atom. The number of nitrogens with zero attached hydrogens (tertiary/aromatic N) is 3. The van der Waals surface area contributed by atoms with Gasteiger partial charge in [-0.3, -0.25) is 5.43 Å². The molecule has 0 unspecified atom stereocenters. The first-order valence-corrected chi connectivity index (χ1v) is 8.72. The molecule has 1 saturated carbocycles. The molecule has 0 bridgehead atoms. The van der Waals surface area contributed by atoms with Crippen molar-refractivity contribution in [2.75, 3.05) is 13.1 Å². The van der Waals surface area contributed by atoms with E-state index in [1.165, 1.54) is 51.4 Å². The number of hydrogen-bond acceptors (Lipinski definition) is 4. The first-order chi connectivity index (χ1) is 10.1. The first-order valence-electron chi connectivity index (χ1n) is 8.31. The molecular formula is C15H29N5S. The molecule has 0 aromatic carbocycles. The Bertz CT molecular complexity index is 357. The summed E-state index contributed by atoms with van der Waals surface area (Å²) in [6.07, 6.45) is 10.1. The van der Waals surface area contributed by atoms with Gasteiger partial charge in [-0.15, -0.1) is 0 Å². The van der Waals surface area contributed by atoms with Crippen LogP contribution in [-0.2, 0) is 0 Å². The van der Waals surface area contributed by atoms with E-state index in [1.807, 2.05) is 13.8 Å². The normalized spacial score (nSPS) is 22.4. The highest BCUT2D eigenvalue weighted by Crippen LogP contribution is 2.21. The SMILES string of the molecule is CC(C)(/N=N/C1CCCCC1)NC(=S)NN1CCCCC1. The summed E-state index contributed by atoms with van der Waals surface area (Å²) >= 11 is 5.39. The molecular weight excluding hydrogens is 282 g/mol. The summed E-state index contributed by atoms with van der Waals surface area (Å²) in [7, 11) is 0. The minimum Gasteiger partial charge on any atom is -0.336 e.